The van der Waals surface area contributed by atoms with Gasteiger partial charge in [-0.25, -0.2) is 12.8 Å². The maximum Gasteiger partial charge on any atom is 0.178 e. The second-order valence-corrected chi connectivity index (χ2v) is 7.05. The summed E-state index contributed by atoms with van der Waals surface area (Å²) in [6, 6.07) is 4.99. The number of sulfone groups is 1. The minimum absolute atomic E-state index is 0.118. The fourth-order valence-electron chi connectivity index (χ4n) is 1.45. The molecule has 0 aliphatic rings. The van der Waals surface area contributed by atoms with Crippen LogP contribution in [0.3, 0.4) is 0 Å². The van der Waals surface area contributed by atoms with Gasteiger partial charge in [0.1, 0.15) is 5.82 Å². The summed E-state index contributed by atoms with van der Waals surface area (Å²) in [5, 5.41) is 0.880. The first-order valence-corrected chi connectivity index (χ1v) is 8.27. The zero-order valence-corrected chi connectivity index (χ0v) is 12.1. The quantitative estimate of drug-likeness (QED) is 0.594. The van der Waals surface area contributed by atoms with Crippen LogP contribution in [0.4, 0.5) is 4.39 Å². The van der Waals surface area contributed by atoms with Crippen LogP contribution < -0.4 is 0 Å². The van der Waals surface area contributed by atoms with Gasteiger partial charge in [-0.3, -0.25) is 0 Å². The Hall–Kier alpha value is -0.420. The van der Waals surface area contributed by atoms with Crippen molar-refractivity contribution in [3.05, 3.63) is 30.1 Å². The average Bonchev–Trinajstić information content (AvgIpc) is 2.28. The van der Waals surface area contributed by atoms with Gasteiger partial charge in [0.05, 0.1) is 10.6 Å². The van der Waals surface area contributed by atoms with E-state index in [2.05, 4.69) is 15.9 Å². The molecule has 1 atom stereocenters. The van der Waals surface area contributed by atoms with E-state index in [0.717, 1.165) is 11.8 Å². The molecular formula is C12H16BrFO2S. The van der Waals surface area contributed by atoms with Crippen molar-refractivity contribution in [3.63, 3.8) is 0 Å². The van der Waals surface area contributed by atoms with Crippen molar-refractivity contribution in [2.75, 3.05) is 11.1 Å². The second-order valence-electron chi connectivity index (χ2n) is 4.14. The smallest absolute Gasteiger partial charge is 0.178 e. The Morgan fingerprint density at radius 3 is 2.35 bits per heavy atom. The Morgan fingerprint density at radius 2 is 1.82 bits per heavy atom. The highest BCUT2D eigenvalue weighted by Gasteiger charge is 2.15. The molecule has 5 heteroatoms. The number of hydrogen-bond donors (Lipinski definition) is 0. The van der Waals surface area contributed by atoms with Crippen molar-refractivity contribution in [3.8, 4) is 0 Å². The van der Waals surface area contributed by atoms with Gasteiger partial charge >= 0.3 is 0 Å². The van der Waals surface area contributed by atoms with Crippen LogP contribution in [-0.4, -0.2) is 19.5 Å². The van der Waals surface area contributed by atoms with Crippen LogP contribution in [0.25, 0.3) is 0 Å². The average molecular weight is 323 g/mol. The highest BCUT2D eigenvalue weighted by molar-refractivity contribution is 9.09. The fraction of sp³-hybridized carbons (Fsp3) is 0.500. The molecule has 0 spiro atoms. The third kappa shape index (κ3) is 4.76. The lowest BCUT2D eigenvalue weighted by atomic mass is 10.1. The van der Waals surface area contributed by atoms with Crippen molar-refractivity contribution in [2.24, 2.45) is 5.92 Å². The molecule has 0 aliphatic carbocycles. The molecule has 0 saturated heterocycles. The largest absolute Gasteiger partial charge is 0.224 e. The lowest BCUT2D eigenvalue weighted by Crippen LogP contribution is -2.10. The van der Waals surface area contributed by atoms with Gasteiger partial charge in [0.25, 0.3) is 0 Å². The Labute approximate surface area is 110 Å². The Bertz CT molecular complexity index is 442. The Morgan fingerprint density at radius 1 is 1.24 bits per heavy atom. The van der Waals surface area contributed by atoms with E-state index < -0.39 is 15.7 Å². The van der Waals surface area contributed by atoms with E-state index in [9.17, 15) is 12.8 Å². The summed E-state index contributed by atoms with van der Waals surface area (Å²) in [6.45, 7) is 2.03. The van der Waals surface area contributed by atoms with E-state index in [1.54, 1.807) is 0 Å². The van der Waals surface area contributed by atoms with Crippen LogP contribution in [0, 0.1) is 11.7 Å². The van der Waals surface area contributed by atoms with Gasteiger partial charge in [0.2, 0.25) is 0 Å². The monoisotopic (exact) mass is 322 g/mol. The van der Waals surface area contributed by atoms with Crippen LogP contribution in [-0.2, 0) is 9.84 Å². The standard InChI is InChI=1S/C12H16BrFO2S/c1-10(6-8-13)7-9-17(15,16)12-4-2-11(14)3-5-12/h2-5,10H,6-9H2,1H3. The van der Waals surface area contributed by atoms with Crippen molar-refractivity contribution in [2.45, 2.75) is 24.7 Å². The number of benzene rings is 1. The highest BCUT2D eigenvalue weighted by Crippen LogP contribution is 2.16. The molecule has 1 rings (SSSR count). The molecule has 0 saturated carbocycles. The summed E-state index contributed by atoms with van der Waals surface area (Å²) in [5.41, 5.74) is 0. The summed E-state index contributed by atoms with van der Waals surface area (Å²) >= 11 is 3.33. The van der Waals surface area contributed by atoms with E-state index in [1.165, 1.54) is 24.3 Å². The molecule has 17 heavy (non-hydrogen) atoms. The first-order chi connectivity index (χ1) is 7.95. The third-order valence-electron chi connectivity index (χ3n) is 2.65. The fourth-order valence-corrected chi connectivity index (χ4v) is 3.73. The van der Waals surface area contributed by atoms with E-state index in [0.29, 0.717) is 12.3 Å². The summed E-state index contributed by atoms with van der Waals surface area (Å²) in [7, 11) is -3.27. The van der Waals surface area contributed by atoms with E-state index in [-0.39, 0.29) is 10.6 Å². The molecule has 0 fully saturated rings. The first kappa shape index (κ1) is 14.6. The van der Waals surface area contributed by atoms with Gasteiger partial charge in [-0.05, 0) is 43.0 Å². The van der Waals surface area contributed by atoms with Gasteiger partial charge in [0.15, 0.2) is 9.84 Å². The molecule has 0 aromatic heterocycles. The Kier molecular flexibility index (Phi) is 5.59. The number of halogens is 2. The van der Waals surface area contributed by atoms with Crippen LogP contribution in [0.5, 0.6) is 0 Å². The van der Waals surface area contributed by atoms with E-state index in [4.69, 9.17) is 0 Å². The molecule has 1 aromatic carbocycles. The number of alkyl halides is 1. The lowest BCUT2D eigenvalue weighted by Gasteiger charge is -2.09. The second kappa shape index (κ2) is 6.50. The summed E-state index contributed by atoms with van der Waals surface area (Å²) in [4.78, 5) is 0.199. The topological polar surface area (TPSA) is 34.1 Å². The van der Waals surface area contributed by atoms with E-state index in [1.807, 2.05) is 6.92 Å². The Balaban J connectivity index is 2.66. The van der Waals surface area contributed by atoms with Gasteiger partial charge in [0, 0.05) is 5.33 Å². The van der Waals surface area contributed by atoms with Gasteiger partial charge < -0.3 is 0 Å². The van der Waals surface area contributed by atoms with Crippen molar-refractivity contribution >= 4 is 25.8 Å². The number of hydrogen-bond acceptors (Lipinski definition) is 2. The minimum atomic E-state index is -3.27. The highest BCUT2D eigenvalue weighted by atomic mass is 79.9. The molecule has 2 nitrogen and oxygen atoms in total. The molecular weight excluding hydrogens is 307 g/mol. The van der Waals surface area contributed by atoms with Crippen molar-refractivity contribution in [1.82, 2.24) is 0 Å². The predicted molar refractivity (Wildman–Crippen MR) is 70.6 cm³/mol. The maximum atomic E-state index is 12.7. The molecule has 1 unspecified atom stereocenters. The van der Waals surface area contributed by atoms with Crippen molar-refractivity contribution in [1.29, 1.82) is 0 Å². The minimum Gasteiger partial charge on any atom is -0.224 e. The molecule has 96 valence electrons. The molecule has 0 heterocycles. The lowest BCUT2D eigenvalue weighted by molar-refractivity contribution is 0.536. The zero-order valence-electron chi connectivity index (χ0n) is 9.70. The summed E-state index contributed by atoms with van der Waals surface area (Å²) < 4.78 is 36.5. The normalized spacial score (nSPS) is 13.6. The molecule has 0 bridgehead atoms. The molecule has 1 aromatic rings. The van der Waals surface area contributed by atoms with Gasteiger partial charge in [-0.1, -0.05) is 22.9 Å². The van der Waals surface area contributed by atoms with Crippen LogP contribution in [0.15, 0.2) is 29.2 Å². The third-order valence-corrected chi connectivity index (χ3v) is 4.88. The maximum absolute atomic E-state index is 12.7. The molecule has 0 N–H and O–H groups in total. The number of rotatable bonds is 6. The zero-order chi connectivity index (χ0) is 12.9. The SMILES string of the molecule is CC(CCBr)CCS(=O)(=O)c1ccc(F)cc1. The van der Waals surface area contributed by atoms with Gasteiger partial charge in [-0.2, -0.15) is 0 Å². The summed E-state index contributed by atoms with van der Waals surface area (Å²) in [5.74, 6) is 0.0634. The molecule has 0 amide bonds. The summed E-state index contributed by atoms with van der Waals surface area (Å²) in [6.07, 6.45) is 1.59. The molecule has 0 aliphatic heterocycles. The predicted octanol–water partition coefficient (Wildman–Crippen LogP) is 3.41. The van der Waals surface area contributed by atoms with Crippen LogP contribution in [0.2, 0.25) is 0 Å². The van der Waals surface area contributed by atoms with Crippen LogP contribution >= 0.6 is 15.9 Å². The van der Waals surface area contributed by atoms with Crippen molar-refractivity contribution < 1.29 is 12.8 Å². The first-order valence-electron chi connectivity index (χ1n) is 5.50. The van der Waals surface area contributed by atoms with Gasteiger partial charge in [-0.15, -0.1) is 0 Å². The molecule has 0 radical (unpaired) electrons. The van der Waals surface area contributed by atoms with Crippen LogP contribution in [0.1, 0.15) is 19.8 Å². The van der Waals surface area contributed by atoms with E-state index >= 15 is 0 Å².